The first-order chi connectivity index (χ1) is 6.57. The number of rotatable bonds is 3. The lowest BCUT2D eigenvalue weighted by Crippen LogP contribution is -2.46. The van der Waals surface area contributed by atoms with Crippen LogP contribution in [-0.2, 0) is 9.59 Å². The first-order valence-electron chi connectivity index (χ1n) is 4.87. The summed E-state index contributed by atoms with van der Waals surface area (Å²) >= 11 is 0. The summed E-state index contributed by atoms with van der Waals surface area (Å²) in [4.78, 5) is 24.3. The van der Waals surface area contributed by atoms with Crippen LogP contribution in [0.4, 0.5) is 0 Å². The molecule has 1 heterocycles. The maximum Gasteiger partial charge on any atom is 0.240 e. The molecule has 1 saturated heterocycles. The highest BCUT2D eigenvalue weighted by Gasteiger charge is 2.34. The third kappa shape index (κ3) is 2.04. The predicted octanol–water partition coefficient (Wildman–Crippen LogP) is -0.942. The van der Waals surface area contributed by atoms with E-state index in [0.717, 1.165) is 6.42 Å². The molecule has 5 heteroatoms. The zero-order chi connectivity index (χ0) is 10.7. The van der Waals surface area contributed by atoms with Crippen LogP contribution in [0.1, 0.15) is 19.8 Å². The van der Waals surface area contributed by atoms with Gasteiger partial charge in [0.1, 0.15) is 6.04 Å². The van der Waals surface area contributed by atoms with Crippen molar-refractivity contribution < 1.29 is 9.59 Å². The van der Waals surface area contributed by atoms with Gasteiger partial charge >= 0.3 is 0 Å². The van der Waals surface area contributed by atoms with Crippen LogP contribution in [0, 0.1) is 5.92 Å². The fourth-order valence-corrected chi connectivity index (χ4v) is 1.71. The topological polar surface area (TPSA) is 89.4 Å². The molecule has 0 saturated carbocycles. The quantitative estimate of drug-likeness (QED) is 0.614. The number of nitrogens with two attached hydrogens (primary N) is 2. The molecule has 0 aliphatic carbocycles. The van der Waals surface area contributed by atoms with Crippen molar-refractivity contribution in [3.8, 4) is 0 Å². The molecule has 80 valence electrons. The second-order valence-electron chi connectivity index (χ2n) is 3.73. The average Bonchev–Trinajstić information content (AvgIpc) is 2.63. The molecule has 0 bridgehead atoms. The van der Waals surface area contributed by atoms with Crippen LogP contribution in [0.2, 0.25) is 0 Å². The molecule has 4 N–H and O–H groups in total. The zero-order valence-electron chi connectivity index (χ0n) is 8.40. The van der Waals surface area contributed by atoms with E-state index in [0.29, 0.717) is 19.5 Å². The van der Waals surface area contributed by atoms with Crippen molar-refractivity contribution in [1.82, 2.24) is 4.90 Å². The number of nitrogens with zero attached hydrogens (tertiary/aromatic N) is 1. The molecular weight excluding hydrogens is 182 g/mol. The van der Waals surface area contributed by atoms with Crippen molar-refractivity contribution in [1.29, 1.82) is 0 Å². The van der Waals surface area contributed by atoms with E-state index in [1.54, 1.807) is 11.8 Å². The van der Waals surface area contributed by atoms with Crippen molar-refractivity contribution in [2.24, 2.45) is 17.4 Å². The summed E-state index contributed by atoms with van der Waals surface area (Å²) in [5.74, 6) is -0.705. The molecule has 0 aromatic rings. The molecule has 0 radical (unpaired) electrons. The van der Waals surface area contributed by atoms with Crippen molar-refractivity contribution in [2.45, 2.75) is 25.8 Å². The Hall–Kier alpha value is -1.10. The monoisotopic (exact) mass is 199 g/mol. The molecule has 2 amide bonds. The summed E-state index contributed by atoms with van der Waals surface area (Å²) in [5.41, 5.74) is 10.6. The van der Waals surface area contributed by atoms with E-state index < -0.39 is 11.9 Å². The van der Waals surface area contributed by atoms with Gasteiger partial charge in [0.2, 0.25) is 11.8 Å². The number of carbonyl (C=O) groups is 2. The van der Waals surface area contributed by atoms with Gasteiger partial charge in [0.15, 0.2) is 0 Å². The minimum atomic E-state index is -0.420. The second kappa shape index (κ2) is 4.41. The third-order valence-electron chi connectivity index (χ3n) is 2.64. The largest absolute Gasteiger partial charge is 0.368 e. The van der Waals surface area contributed by atoms with Gasteiger partial charge in [-0.2, -0.15) is 0 Å². The van der Waals surface area contributed by atoms with Crippen LogP contribution >= 0.6 is 0 Å². The summed E-state index contributed by atoms with van der Waals surface area (Å²) in [7, 11) is 0. The smallest absolute Gasteiger partial charge is 0.240 e. The highest BCUT2D eigenvalue weighted by atomic mass is 16.2. The molecule has 1 fully saturated rings. The van der Waals surface area contributed by atoms with E-state index in [-0.39, 0.29) is 11.8 Å². The Morgan fingerprint density at radius 1 is 1.57 bits per heavy atom. The number of hydrogen-bond acceptors (Lipinski definition) is 3. The summed E-state index contributed by atoms with van der Waals surface area (Å²) in [6, 6.07) is -0.420. The lowest BCUT2D eigenvalue weighted by Gasteiger charge is -2.24. The van der Waals surface area contributed by atoms with Gasteiger partial charge in [-0.25, -0.2) is 0 Å². The number of likely N-dealkylation sites (tertiary alicyclic amines) is 1. The van der Waals surface area contributed by atoms with Crippen LogP contribution in [0.3, 0.4) is 0 Å². The lowest BCUT2D eigenvalue weighted by atomic mass is 10.1. The van der Waals surface area contributed by atoms with Crippen LogP contribution < -0.4 is 11.5 Å². The fourth-order valence-electron chi connectivity index (χ4n) is 1.71. The Balaban J connectivity index is 2.67. The Morgan fingerprint density at radius 2 is 2.21 bits per heavy atom. The maximum atomic E-state index is 11.7. The van der Waals surface area contributed by atoms with E-state index >= 15 is 0 Å². The SMILES string of the molecule is CC(CN)C(=O)N1CCCC1C(N)=O. The predicted molar refractivity (Wildman–Crippen MR) is 52.1 cm³/mol. The normalized spacial score (nSPS) is 23.6. The highest BCUT2D eigenvalue weighted by molar-refractivity contribution is 5.88. The summed E-state index contributed by atoms with van der Waals surface area (Å²) < 4.78 is 0. The second-order valence-corrected chi connectivity index (χ2v) is 3.73. The molecular formula is C9H17N3O2. The van der Waals surface area contributed by atoms with E-state index in [4.69, 9.17) is 11.5 Å². The zero-order valence-corrected chi connectivity index (χ0v) is 8.40. The summed E-state index contributed by atoms with van der Waals surface area (Å²) in [6.45, 7) is 2.69. The number of hydrogen-bond donors (Lipinski definition) is 2. The van der Waals surface area contributed by atoms with Gasteiger partial charge in [-0.05, 0) is 12.8 Å². The molecule has 1 aliphatic heterocycles. The van der Waals surface area contributed by atoms with Crippen molar-refractivity contribution >= 4 is 11.8 Å². The minimum absolute atomic E-state index is 0.0613. The number of amides is 2. The molecule has 0 aromatic carbocycles. The lowest BCUT2D eigenvalue weighted by molar-refractivity contribution is -0.140. The number of carbonyl (C=O) groups excluding carboxylic acids is 2. The van der Waals surface area contributed by atoms with Gasteiger partial charge in [0.25, 0.3) is 0 Å². The Bertz CT molecular complexity index is 242. The van der Waals surface area contributed by atoms with Crippen molar-refractivity contribution in [3.63, 3.8) is 0 Å². The molecule has 0 aromatic heterocycles. The molecule has 14 heavy (non-hydrogen) atoms. The molecule has 1 aliphatic rings. The Morgan fingerprint density at radius 3 is 2.71 bits per heavy atom. The summed E-state index contributed by atoms with van der Waals surface area (Å²) in [6.07, 6.45) is 1.52. The minimum Gasteiger partial charge on any atom is -0.368 e. The Kier molecular flexibility index (Phi) is 3.46. The van der Waals surface area contributed by atoms with Gasteiger partial charge in [-0.1, -0.05) is 6.92 Å². The van der Waals surface area contributed by atoms with E-state index in [2.05, 4.69) is 0 Å². The van der Waals surface area contributed by atoms with Gasteiger partial charge < -0.3 is 16.4 Å². The van der Waals surface area contributed by atoms with Gasteiger partial charge in [-0.3, -0.25) is 9.59 Å². The third-order valence-corrected chi connectivity index (χ3v) is 2.64. The van der Waals surface area contributed by atoms with Crippen LogP contribution in [0.5, 0.6) is 0 Å². The van der Waals surface area contributed by atoms with Crippen molar-refractivity contribution in [3.05, 3.63) is 0 Å². The first kappa shape index (κ1) is 11.0. The molecule has 2 unspecified atom stereocenters. The molecule has 5 nitrogen and oxygen atoms in total. The Labute approximate surface area is 83.4 Å². The van der Waals surface area contributed by atoms with Gasteiger partial charge in [-0.15, -0.1) is 0 Å². The first-order valence-corrected chi connectivity index (χ1v) is 4.87. The van der Waals surface area contributed by atoms with Gasteiger partial charge in [0, 0.05) is 19.0 Å². The molecule has 0 spiro atoms. The van der Waals surface area contributed by atoms with Crippen LogP contribution in [0.25, 0.3) is 0 Å². The molecule has 2 atom stereocenters. The maximum absolute atomic E-state index is 11.7. The highest BCUT2D eigenvalue weighted by Crippen LogP contribution is 2.19. The average molecular weight is 199 g/mol. The van der Waals surface area contributed by atoms with E-state index in [1.165, 1.54) is 0 Å². The van der Waals surface area contributed by atoms with E-state index in [1.807, 2.05) is 0 Å². The number of primary amides is 1. The van der Waals surface area contributed by atoms with Crippen LogP contribution in [-0.4, -0.2) is 35.8 Å². The summed E-state index contributed by atoms with van der Waals surface area (Å²) in [5, 5.41) is 0. The van der Waals surface area contributed by atoms with Gasteiger partial charge in [0.05, 0.1) is 0 Å². The fraction of sp³-hybridized carbons (Fsp3) is 0.778. The standard InChI is InChI=1S/C9H17N3O2/c1-6(5-10)9(14)12-4-2-3-7(12)8(11)13/h6-7H,2-5,10H2,1H3,(H2,11,13). The van der Waals surface area contributed by atoms with Crippen molar-refractivity contribution in [2.75, 3.05) is 13.1 Å². The van der Waals surface area contributed by atoms with E-state index in [9.17, 15) is 9.59 Å². The molecule has 1 rings (SSSR count). The van der Waals surface area contributed by atoms with Crippen LogP contribution in [0.15, 0.2) is 0 Å².